The highest BCUT2D eigenvalue weighted by molar-refractivity contribution is 9.10. The van der Waals surface area contributed by atoms with E-state index in [-0.39, 0.29) is 0 Å². The average Bonchev–Trinajstić information content (AvgIpc) is 3.05. The summed E-state index contributed by atoms with van der Waals surface area (Å²) in [5.74, 6) is 0.306. The lowest BCUT2D eigenvalue weighted by atomic mass is 10.1. The Labute approximate surface area is 105 Å². The van der Waals surface area contributed by atoms with Crippen molar-refractivity contribution in [3.63, 3.8) is 0 Å². The van der Waals surface area contributed by atoms with Crippen molar-refractivity contribution >= 4 is 21.7 Å². The van der Waals surface area contributed by atoms with Crippen LogP contribution in [-0.2, 0) is 11.2 Å². The van der Waals surface area contributed by atoms with Gasteiger partial charge in [-0.2, -0.15) is 0 Å². The number of nitrogens with one attached hydrogen (secondary N) is 1. The van der Waals surface area contributed by atoms with Crippen LogP contribution in [0, 0.1) is 0 Å². The quantitative estimate of drug-likeness (QED) is 0.869. The van der Waals surface area contributed by atoms with Gasteiger partial charge in [0.05, 0.1) is 0 Å². The molecular weight excluding hydrogens is 266 g/mol. The summed E-state index contributed by atoms with van der Waals surface area (Å²) < 4.78 is 1.03. The Hall–Kier alpha value is -0.670. The number of ketones is 1. The Morgan fingerprint density at radius 1 is 1.38 bits per heavy atom. The van der Waals surface area contributed by atoms with E-state index in [1.165, 1.54) is 12.8 Å². The molecule has 0 unspecified atom stereocenters. The molecule has 0 radical (unpaired) electrons. The zero-order chi connectivity index (χ0) is 11.4. The van der Waals surface area contributed by atoms with Gasteiger partial charge in [-0.25, -0.2) is 0 Å². The topological polar surface area (TPSA) is 29.1 Å². The number of carbonyl (C=O) groups excluding carboxylic acids is 1. The molecule has 0 saturated heterocycles. The molecule has 1 saturated carbocycles. The van der Waals surface area contributed by atoms with Crippen LogP contribution in [0.2, 0.25) is 0 Å². The molecular formula is C13H16BrNO. The number of rotatable bonds is 6. The maximum absolute atomic E-state index is 11.7. The molecule has 0 aromatic heterocycles. The summed E-state index contributed by atoms with van der Waals surface area (Å²) in [6.07, 6.45) is 3.72. The molecule has 1 aromatic rings. The van der Waals surface area contributed by atoms with Crippen LogP contribution in [0.4, 0.5) is 0 Å². The number of hydrogen-bond donors (Lipinski definition) is 1. The normalized spacial score (nSPS) is 15.1. The lowest BCUT2D eigenvalue weighted by molar-refractivity contribution is -0.118. The monoisotopic (exact) mass is 281 g/mol. The van der Waals surface area contributed by atoms with E-state index in [1.54, 1.807) is 0 Å². The second kappa shape index (κ2) is 5.60. The third kappa shape index (κ3) is 3.72. The van der Waals surface area contributed by atoms with E-state index in [0.29, 0.717) is 24.7 Å². The molecule has 16 heavy (non-hydrogen) atoms. The third-order valence-corrected chi connectivity index (χ3v) is 3.53. The smallest absolute Gasteiger partial charge is 0.138 e. The highest BCUT2D eigenvalue weighted by Crippen LogP contribution is 2.19. The van der Waals surface area contributed by atoms with Crippen LogP contribution in [-0.4, -0.2) is 18.4 Å². The summed E-state index contributed by atoms with van der Waals surface area (Å²) >= 11 is 3.46. The molecule has 0 amide bonds. The Morgan fingerprint density at radius 3 is 2.81 bits per heavy atom. The van der Waals surface area contributed by atoms with E-state index < -0.39 is 0 Å². The van der Waals surface area contributed by atoms with E-state index in [1.807, 2.05) is 24.3 Å². The summed E-state index contributed by atoms with van der Waals surface area (Å²) in [6, 6.07) is 8.60. The number of benzene rings is 1. The lowest BCUT2D eigenvalue weighted by Crippen LogP contribution is -2.20. The first kappa shape index (κ1) is 11.8. The molecule has 1 aliphatic rings. The van der Waals surface area contributed by atoms with Crippen molar-refractivity contribution in [2.24, 2.45) is 0 Å². The standard InChI is InChI=1S/C13H16BrNO/c14-13-4-2-1-3-10(13)9-12(16)7-8-15-11-5-6-11/h1-4,11,15H,5-9H2. The van der Waals surface area contributed by atoms with E-state index >= 15 is 0 Å². The second-order valence-corrected chi connectivity index (χ2v) is 5.14. The van der Waals surface area contributed by atoms with Crippen LogP contribution in [0.5, 0.6) is 0 Å². The fourth-order valence-electron chi connectivity index (χ4n) is 1.65. The predicted molar refractivity (Wildman–Crippen MR) is 68.5 cm³/mol. The van der Waals surface area contributed by atoms with Gasteiger partial charge in [0.1, 0.15) is 5.78 Å². The Bertz CT molecular complexity index is 374. The molecule has 2 rings (SSSR count). The molecule has 1 aromatic carbocycles. The minimum absolute atomic E-state index is 0.306. The zero-order valence-corrected chi connectivity index (χ0v) is 10.8. The molecule has 1 N–H and O–H groups in total. The van der Waals surface area contributed by atoms with Crippen LogP contribution in [0.15, 0.2) is 28.7 Å². The van der Waals surface area contributed by atoms with Crippen LogP contribution >= 0.6 is 15.9 Å². The number of halogens is 1. The molecule has 0 atom stereocenters. The maximum Gasteiger partial charge on any atom is 0.138 e. The zero-order valence-electron chi connectivity index (χ0n) is 9.21. The van der Waals surface area contributed by atoms with Crippen LogP contribution in [0.1, 0.15) is 24.8 Å². The fourth-order valence-corrected chi connectivity index (χ4v) is 2.07. The van der Waals surface area contributed by atoms with Gasteiger partial charge in [-0.15, -0.1) is 0 Å². The van der Waals surface area contributed by atoms with Crippen molar-refractivity contribution in [1.82, 2.24) is 5.32 Å². The van der Waals surface area contributed by atoms with Gasteiger partial charge in [-0.1, -0.05) is 34.1 Å². The van der Waals surface area contributed by atoms with Crippen LogP contribution < -0.4 is 5.32 Å². The van der Waals surface area contributed by atoms with Crippen molar-refractivity contribution in [2.45, 2.75) is 31.7 Å². The highest BCUT2D eigenvalue weighted by atomic mass is 79.9. The lowest BCUT2D eigenvalue weighted by Gasteiger charge is -2.04. The number of hydrogen-bond acceptors (Lipinski definition) is 2. The van der Waals surface area contributed by atoms with Gasteiger partial charge in [-0.3, -0.25) is 4.79 Å². The van der Waals surface area contributed by atoms with Gasteiger partial charge in [0.25, 0.3) is 0 Å². The van der Waals surface area contributed by atoms with Gasteiger partial charge in [0, 0.05) is 29.9 Å². The summed E-state index contributed by atoms with van der Waals surface area (Å²) in [7, 11) is 0. The maximum atomic E-state index is 11.7. The molecule has 0 heterocycles. The number of Topliss-reactive ketones (excluding diaryl/α,β-unsaturated/α-hetero) is 1. The first-order valence-corrected chi connectivity index (χ1v) is 6.53. The molecule has 0 aliphatic heterocycles. The SMILES string of the molecule is O=C(CCNC1CC1)Cc1ccccc1Br. The van der Waals surface area contributed by atoms with Gasteiger partial charge in [-0.05, 0) is 24.5 Å². The molecule has 3 heteroatoms. The summed E-state index contributed by atoms with van der Waals surface area (Å²) in [4.78, 5) is 11.7. The van der Waals surface area contributed by atoms with Crippen molar-refractivity contribution in [3.05, 3.63) is 34.3 Å². The third-order valence-electron chi connectivity index (χ3n) is 2.76. The first-order chi connectivity index (χ1) is 7.75. The van der Waals surface area contributed by atoms with E-state index in [4.69, 9.17) is 0 Å². The van der Waals surface area contributed by atoms with Crippen molar-refractivity contribution in [3.8, 4) is 0 Å². The minimum atomic E-state index is 0.306. The Kier molecular flexibility index (Phi) is 4.13. The molecule has 0 spiro atoms. The van der Waals surface area contributed by atoms with E-state index in [0.717, 1.165) is 16.6 Å². The largest absolute Gasteiger partial charge is 0.314 e. The molecule has 1 aliphatic carbocycles. The minimum Gasteiger partial charge on any atom is -0.314 e. The fraction of sp³-hybridized carbons (Fsp3) is 0.462. The predicted octanol–water partition coefficient (Wildman–Crippen LogP) is 2.70. The molecule has 0 bridgehead atoms. The first-order valence-electron chi connectivity index (χ1n) is 5.74. The highest BCUT2D eigenvalue weighted by Gasteiger charge is 2.20. The van der Waals surface area contributed by atoms with Gasteiger partial charge < -0.3 is 5.32 Å². The van der Waals surface area contributed by atoms with Crippen LogP contribution in [0.3, 0.4) is 0 Å². The van der Waals surface area contributed by atoms with Crippen LogP contribution in [0.25, 0.3) is 0 Å². The van der Waals surface area contributed by atoms with Crippen molar-refractivity contribution in [2.75, 3.05) is 6.54 Å². The molecule has 2 nitrogen and oxygen atoms in total. The molecule has 1 fully saturated rings. The summed E-state index contributed by atoms with van der Waals surface area (Å²) in [5, 5.41) is 3.36. The Balaban J connectivity index is 1.75. The van der Waals surface area contributed by atoms with E-state index in [2.05, 4.69) is 21.2 Å². The van der Waals surface area contributed by atoms with Crippen molar-refractivity contribution < 1.29 is 4.79 Å². The van der Waals surface area contributed by atoms with Gasteiger partial charge >= 0.3 is 0 Å². The number of carbonyl (C=O) groups is 1. The summed E-state index contributed by atoms with van der Waals surface area (Å²) in [6.45, 7) is 0.827. The van der Waals surface area contributed by atoms with Gasteiger partial charge in [0.2, 0.25) is 0 Å². The summed E-state index contributed by atoms with van der Waals surface area (Å²) in [5.41, 5.74) is 1.08. The van der Waals surface area contributed by atoms with Crippen molar-refractivity contribution in [1.29, 1.82) is 0 Å². The second-order valence-electron chi connectivity index (χ2n) is 4.29. The molecule has 86 valence electrons. The van der Waals surface area contributed by atoms with E-state index in [9.17, 15) is 4.79 Å². The average molecular weight is 282 g/mol. The van der Waals surface area contributed by atoms with Gasteiger partial charge in [0.15, 0.2) is 0 Å². The Morgan fingerprint density at radius 2 is 2.12 bits per heavy atom.